The van der Waals surface area contributed by atoms with Gasteiger partial charge in [-0.2, -0.15) is 0 Å². The molecule has 0 radical (unpaired) electrons. The Hall–Kier alpha value is -1.37. The highest BCUT2D eigenvalue weighted by Crippen LogP contribution is 2.34. The molecular weight excluding hydrogens is 497 g/mol. The molecule has 0 unspecified atom stereocenters. The Labute approximate surface area is 192 Å². The lowest BCUT2D eigenvalue weighted by atomic mass is 9.93. The molecule has 1 aliphatic carbocycles. The Morgan fingerprint density at radius 2 is 1.90 bits per heavy atom. The normalized spacial score (nSPS) is 20.3. The fourth-order valence-corrected chi connectivity index (χ4v) is 5.07. The molecule has 1 N–H and O–H groups in total. The predicted molar refractivity (Wildman–Crippen MR) is 129 cm³/mol. The van der Waals surface area contributed by atoms with Crippen LogP contribution in [0.5, 0.6) is 0 Å². The van der Waals surface area contributed by atoms with Crippen molar-refractivity contribution in [3.8, 4) is 0 Å². The van der Waals surface area contributed by atoms with Crippen molar-refractivity contribution in [3.05, 3.63) is 74.4 Å². The smallest absolute Gasteiger partial charge is 0.307 e. The first kappa shape index (κ1) is 22.3. The van der Waals surface area contributed by atoms with Crippen LogP contribution in [0.15, 0.2) is 48.5 Å². The summed E-state index contributed by atoms with van der Waals surface area (Å²) in [6, 6.07) is 15.5. The molecule has 0 saturated carbocycles. The zero-order valence-electron chi connectivity index (χ0n) is 16.4. The zero-order valence-corrected chi connectivity index (χ0v) is 19.4. The molecule has 2 aromatic rings. The Bertz CT molecular complexity index is 912. The van der Waals surface area contributed by atoms with Crippen LogP contribution in [0.3, 0.4) is 0 Å². The van der Waals surface area contributed by atoms with Crippen molar-refractivity contribution in [2.45, 2.75) is 32.1 Å². The Kier molecular flexibility index (Phi) is 7.77. The van der Waals surface area contributed by atoms with Gasteiger partial charge in [-0.1, -0.05) is 36.4 Å². The highest BCUT2D eigenvalue weighted by atomic mass is 127. The van der Waals surface area contributed by atoms with Gasteiger partial charge in [0.05, 0.1) is 5.92 Å². The SMILES string of the molecule is Cl.O=C(O)[C@@H]1CCCN(CC/C=C2\c3ccccc3CCc3cc(I)ccc32)C1. The molecule has 3 nitrogen and oxygen atoms in total. The van der Waals surface area contributed by atoms with Crippen molar-refractivity contribution >= 4 is 46.5 Å². The van der Waals surface area contributed by atoms with E-state index in [0.717, 1.165) is 45.2 Å². The van der Waals surface area contributed by atoms with Gasteiger partial charge in [-0.15, -0.1) is 12.4 Å². The van der Waals surface area contributed by atoms with Gasteiger partial charge in [0.1, 0.15) is 0 Å². The summed E-state index contributed by atoms with van der Waals surface area (Å²) in [5.41, 5.74) is 6.89. The van der Waals surface area contributed by atoms with E-state index in [2.05, 4.69) is 76.0 Å². The van der Waals surface area contributed by atoms with Crippen LogP contribution in [0, 0.1) is 9.49 Å². The molecule has 0 spiro atoms. The van der Waals surface area contributed by atoms with E-state index in [1.54, 1.807) is 0 Å². The summed E-state index contributed by atoms with van der Waals surface area (Å²) in [5.74, 6) is -0.855. The van der Waals surface area contributed by atoms with Gasteiger partial charge in [0.2, 0.25) is 0 Å². The number of halogens is 2. The van der Waals surface area contributed by atoms with Crippen molar-refractivity contribution in [1.82, 2.24) is 4.90 Å². The third-order valence-electron chi connectivity index (χ3n) is 5.98. The quantitative estimate of drug-likeness (QED) is 0.543. The molecule has 5 heteroatoms. The van der Waals surface area contributed by atoms with E-state index in [4.69, 9.17) is 0 Å². The minimum atomic E-state index is -0.649. The van der Waals surface area contributed by atoms with E-state index < -0.39 is 5.97 Å². The second kappa shape index (κ2) is 10.1. The number of carboxylic acid groups (broad SMARTS) is 1. The molecule has 0 amide bonds. The lowest BCUT2D eigenvalue weighted by molar-refractivity contribution is -0.143. The van der Waals surface area contributed by atoms with Gasteiger partial charge >= 0.3 is 5.97 Å². The Morgan fingerprint density at radius 3 is 2.72 bits per heavy atom. The first-order chi connectivity index (χ1) is 13.6. The fourth-order valence-electron chi connectivity index (χ4n) is 4.52. The first-order valence-corrected chi connectivity index (χ1v) is 11.2. The van der Waals surface area contributed by atoms with E-state index in [1.165, 1.54) is 31.4 Å². The maximum Gasteiger partial charge on any atom is 0.307 e. The largest absolute Gasteiger partial charge is 0.481 e. The van der Waals surface area contributed by atoms with Crippen LogP contribution in [-0.4, -0.2) is 35.6 Å². The minimum Gasteiger partial charge on any atom is -0.481 e. The molecule has 1 saturated heterocycles. The molecule has 29 heavy (non-hydrogen) atoms. The van der Waals surface area contributed by atoms with Gasteiger partial charge in [-0.05, 0) is 101 Å². The number of piperidine rings is 1. The number of carbonyl (C=O) groups is 1. The lowest BCUT2D eigenvalue weighted by Gasteiger charge is -2.30. The van der Waals surface area contributed by atoms with Gasteiger partial charge < -0.3 is 10.0 Å². The van der Waals surface area contributed by atoms with Crippen molar-refractivity contribution < 1.29 is 9.90 Å². The first-order valence-electron chi connectivity index (χ1n) is 10.1. The van der Waals surface area contributed by atoms with E-state index in [9.17, 15) is 9.90 Å². The molecule has 1 fully saturated rings. The van der Waals surface area contributed by atoms with Crippen LogP contribution in [0.25, 0.3) is 5.57 Å². The maximum absolute atomic E-state index is 11.3. The van der Waals surface area contributed by atoms with Crippen molar-refractivity contribution in [3.63, 3.8) is 0 Å². The van der Waals surface area contributed by atoms with Crippen molar-refractivity contribution in [2.24, 2.45) is 5.92 Å². The third kappa shape index (κ3) is 5.22. The number of carboxylic acids is 1. The molecule has 4 rings (SSSR count). The van der Waals surface area contributed by atoms with Crippen LogP contribution in [0.4, 0.5) is 0 Å². The molecule has 2 aromatic carbocycles. The average molecular weight is 524 g/mol. The monoisotopic (exact) mass is 523 g/mol. The standard InChI is InChI=1S/C24H26INO2.ClH/c25-20-11-12-22-18(15-20)10-9-17-5-1-2-7-21(17)23(22)8-4-14-26-13-3-6-19(16-26)24(27)28;/h1-2,5,7-8,11-12,15,19H,3-4,6,9-10,13-14,16H2,(H,27,28);1H/b23-8+;/t19-;/m1./s1. The fraction of sp³-hybridized carbons (Fsp3) is 0.375. The average Bonchev–Trinajstić information content (AvgIpc) is 2.85. The Morgan fingerprint density at radius 1 is 1.14 bits per heavy atom. The van der Waals surface area contributed by atoms with Crippen LogP contribution in [0.1, 0.15) is 41.5 Å². The molecule has 2 aliphatic rings. The topological polar surface area (TPSA) is 40.5 Å². The molecule has 154 valence electrons. The zero-order chi connectivity index (χ0) is 19.5. The van der Waals surface area contributed by atoms with Crippen LogP contribution in [0.2, 0.25) is 0 Å². The predicted octanol–water partition coefficient (Wildman–Crippen LogP) is 5.43. The van der Waals surface area contributed by atoms with Gasteiger partial charge in [0.15, 0.2) is 0 Å². The summed E-state index contributed by atoms with van der Waals surface area (Å²) in [5, 5.41) is 9.32. The number of fused-ring (bicyclic) bond motifs is 2. The van der Waals surface area contributed by atoms with E-state index in [0.29, 0.717) is 6.54 Å². The molecular formula is C24H27ClINO2. The second-order valence-corrected chi connectivity index (χ2v) is 9.09. The van der Waals surface area contributed by atoms with Crippen LogP contribution in [-0.2, 0) is 17.6 Å². The van der Waals surface area contributed by atoms with Crippen LogP contribution >= 0.6 is 35.0 Å². The summed E-state index contributed by atoms with van der Waals surface area (Å²) in [6.07, 6.45) is 7.27. The van der Waals surface area contributed by atoms with Gasteiger partial charge in [-0.3, -0.25) is 4.79 Å². The summed E-state index contributed by atoms with van der Waals surface area (Å²) in [4.78, 5) is 13.6. The maximum atomic E-state index is 11.3. The number of rotatable bonds is 4. The van der Waals surface area contributed by atoms with Crippen LogP contribution < -0.4 is 0 Å². The van der Waals surface area contributed by atoms with Crippen molar-refractivity contribution in [2.75, 3.05) is 19.6 Å². The highest BCUT2D eigenvalue weighted by molar-refractivity contribution is 14.1. The van der Waals surface area contributed by atoms with Gasteiger partial charge in [0, 0.05) is 16.7 Å². The molecule has 1 atom stereocenters. The summed E-state index contributed by atoms with van der Waals surface area (Å²) >= 11 is 2.40. The number of aliphatic carboxylic acids is 1. The summed E-state index contributed by atoms with van der Waals surface area (Å²) in [6.45, 7) is 2.62. The van der Waals surface area contributed by atoms with Gasteiger partial charge in [0.25, 0.3) is 0 Å². The molecule has 1 heterocycles. The molecule has 0 bridgehead atoms. The van der Waals surface area contributed by atoms with E-state index in [-0.39, 0.29) is 18.3 Å². The summed E-state index contributed by atoms with van der Waals surface area (Å²) < 4.78 is 1.29. The number of hydrogen-bond acceptors (Lipinski definition) is 2. The highest BCUT2D eigenvalue weighted by Gasteiger charge is 2.25. The number of aryl methyl sites for hydroxylation is 2. The Balaban J connectivity index is 0.00000240. The molecule has 1 aliphatic heterocycles. The van der Waals surface area contributed by atoms with E-state index >= 15 is 0 Å². The molecule has 0 aromatic heterocycles. The number of nitrogens with zero attached hydrogens (tertiary/aromatic N) is 1. The minimum absolute atomic E-state index is 0. The number of likely N-dealkylation sites (tertiary alicyclic amines) is 1. The second-order valence-electron chi connectivity index (χ2n) is 7.84. The van der Waals surface area contributed by atoms with Crippen molar-refractivity contribution in [1.29, 1.82) is 0 Å². The van der Waals surface area contributed by atoms with Gasteiger partial charge in [-0.25, -0.2) is 0 Å². The number of hydrogen-bond donors (Lipinski definition) is 1. The third-order valence-corrected chi connectivity index (χ3v) is 6.65. The van der Waals surface area contributed by atoms with E-state index in [1.807, 2.05) is 0 Å². The lowest BCUT2D eigenvalue weighted by Crippen LogP contribution is -2.39. The summed E-state index contributed by atoms with van der Waals surface area (Å²) in [7, 11) is 0. The number of benzene rings is 2.